The molecule has 3 aromatic rings. The molecule has 1 aliphatic carbocycles. The Morgan fingerprint density at radius 1 is 1.00 bits per heavy atom. The predicted molar refractivity (Wildman–Crippen MR) is 144 cm³/mol. The van der Waals surface area contributed by atoms with Crippen LogP contribution in [0, 0.1) is 5.92 Å². The molecule has 3 atom stereocenters. The van der Waals surface area contributed by atoms with E-state index in [0.29, 0.717) is 24.8 Å². The quantitative estimate of drug-likeness (QED) is 0.292. The van der Waals surface area contributed by atoms with E-state index in [0.717, 1.165) is 30.0 Å². The van der Waals surface area contributed by atoms with Crippen molar-refractivity contribution >= 4 is 34.3 Å². The number of hydrogen-bond donors (Lipinski definition) is 2. The molecule has 0 unspecified atom stereocenters. The van der Waals surface area contributed by atoms with Crippen LogP contribution in [0.15, 0.2) is 66.9 Å². The summed E-state index contributed by atoms with van der Waals surface area (Å²) in [7, 11) is 0. The normalized spacial score (nSPS) is 17.5. The zero-order valence-electron chi connectivity index (χ0n) is 21.5. The molecule has 2 N–H and O–H groups in total. The van der Waals surface area contributed by atoms with Gasteiger partial charge >= 0.3 is 5.97 Å². The Hall–Kier alpha value is -4.07. The molecule has 1 aromatic heterocycles. The van der Waals surface area contributed by atoms with Gasteiger partial charge in [0.15, 0.2) is 12.4 Å². The van der Waals surface area contributed by atoms with Crippen molar-refractivity contribution in [2.24, 2.45) is 5.92 Å². The van der Waals surface area contributed by atoms with Crippen LogP contribution in [0.2, 0.25) is 0 Å². The fraction of sp³-hybridized carbons (Fsp3) is 0.367. The third-order valence-corrected chi connectivity index (χ3v) is 6.92. The van der Waals surface area contributed by atoms with Gasteiger partial charge in [-0.25, -0.2) is 0 Å². The lowest BCUT2D eigenvalue weighted by atomic mass is 10.0. The van der Waals surface area contributed by atoms with Crippen LogP contribution in [0.1, 0.15) is 66.3 Å². The highest BCUT2D eigenvalue weighted by molar-refractivity contribution is 5.99. The molecule has 8 heteroatoms. The highest BCUT2D eigenvalue weighted by Crippen LogP contribution is 2.27. The predicted octanol–water partition coefficient (Wildman–Crippen LogP) is 4.23. The molecule has 4 rings (SSSR count). The van der Waals surface area contributed by atoms with E-state index in [1.807, 2.05) is 37.3 Å². The second-order valence-electron chi connectivity index (χ2n) is 9.63. The molecular weight excluding hydrogens is 482 g/mol. The van der Waals surface area contributed by atoms with Crippen molar-refractivity contribution in [1.82, 2.24) is 15.6 Å². The topological polar surface area (TPSA) is 114 Å². The molecule has 8 nitrogen and oxygen atoms in total. The molecule has 1 saturated carbocycles. The van der Waals surface area contributed by atoms with Crippen molar-refractivity contribution in [2.45, 2.75) is 57.5 Å². The van der Waals surface area contributed by atoms with Crippen LogP contribution in [0.3, 0.4) is 0 Å². The van der Waals surface area contributed by atoms with Gasteiger partial charge in [0.05, 0.1) is 5.92 Å². The lowest BCUT2D eigenvalue weighted by Gasteiger charge is -2.24. The number of aromatic nitrogens is 1. The Bertz CT molecular complexity index is 1290. The SMILES string of the molecule is CCCC[C@H](NC(=O)c1cc2ccccc2cn1)C(=O)N[C@H]1CCC[C@H]1C(=O)OCC(=O)c1ccccc1. The largest absolute Gasteiger partial charge is 0.457 e. The number of carbonyl (C=O) groups excluding carboxylic acids is 4. The van der Waals surface area contributed by atoms with E-state index >= 15 is 0 Å². The number of rotatable bonds is 11. The van der Waals surface area contributed by atoms with Crippen molar-refractivity contribution < 1.29 is 23.9 Å². The number of nitrogens with one attached hydrogen (secondary N) is 2. The Labute approximate surface area is 222 Å². The van der Waals surface area contributed by atoms with E-state index in [-0.39, 0.29) is 24.0 Å². The molecule has 2 amide bonds. The maximum absolute atomic E-state index is 13.3. The zero-order valence-corrected chi connectivity index (χ0v) is 21.5. The number of ketones is 1. The van der Waals surface area contributed by atoms with Gasteiger partial charge in [0.1, 0.15) is 11.7 Å². The highest BCUT2D eigenvalue weighted by Gasteiger charge is 2.37. The lowest BCUT2D eigenvalue weighted by Crippen LogP contribution is -2.51. The summed E-state index contributed by atoms with van der Waals surface area (Å²) in [5, 5.41) is 7.61. The van der Waals surface area contributed by atoms with E-state index in [4.69, 9.17) is 4.74 Å². The fourth-order valence-corrected chi connectivity index (χ4v) is 4.77. The van der Waals surface area contributed by atoms with Gasteiger partial charge in [0.2, 0.25) is 5.91 Å². The van der Waals surface area contributed by atoms with Crippen LogP contribution in [-0.4, -0.2) is 47.2 Å². The van der Waals surface area contributed by atoms with Crippen LogP contribution in [0.5, 0.6) is 0 Å². The van der Waals surface area contributed by atoms with Crippen LogP contribution < -0.4 is 10.6 Å². The minimum atomic E-state index is -0.757. The van der Waals surface area contributed by atoms with Crippen molar-refractivity contribution in [3.05, 3.63) is 78.1 Å². The van der Waals surface area contributed by atoms with Gasteiger partial charge in [-0.3, -0.25) is 24.2 Å². The van der Waals surface area contributed by atoms with Gasteiger partial charge in [-0.2, -0.15) is 0 Å². The Morgan fingerprint density at radius 2 is 1.74 bits per heavy atom. The Balaban J connectivity index is 1.36. The van der Waals surface area contributed by atoms with Crippen molar-refractivity contribution in [3.8, 4) is 0 Å². The van der Waals surface area contributed by atoms with Crippen LogP contribution in [-0.2, 0) is 14.3 Å². The Kier molecular flexibility index (Phi) is 9.19. The van der Waals surface area contributed by atoms with E-state index in [2.05, 4.69) is 15.6 Å². The van der Waals surface area contributed by atoms with Crippen molar-refractivity contribution in [1.29, 1.82) is 0 Å². The zero-order chi connectivity index (χ0) is 26.9. The van der Waals surface area contributed by atoms with Gasteiger partial charge in [0, 0.05) is 23.2 Å². The molecule has 1 aliphatic rings. The van der Waals surface area contributed by atoms with E-state index < -0.39 is 29.9 Å². The minimum absolute atomic E-state index is 0.239. The maximum atomic E-state index is 13.3. The maximum Gasteiger partial charge on any atom is 0.311 e. The van der Waals surface area contributed by atoms with Gasteiger partial charge < -0.3 is 15.4 Å². The number of nitrogens with zero attached hydrogens (tertiary/aromatic N) is 1. The average Bonchev–Trinajstić information content (AvgIpc) is 3.41. The summed E-state index contributed by atoms with van der Waals surface area (Å²) in [5.41, 5.74) is 0.718. The number of hydrogen-bond acceptors (Lipinski definition) is 6. The Morgan fingerprint density at radius 3 is 2.50 bits per heavy atom. The second kappa shape index (κ2) is 12.9. The minimum Gasteiger partial charge on any atom is -0.457 e. The summed E-state index contributed by atoms with van der Waals surface area (Å²) in [4.78, 5) is 55.6. The number of esters is 1. The summed E-state index contributed by atoms with van der Waals surface area (Å²) in [5.74, 6) is -2.06. The molecule has 0 bridgehead atoms. The van der Waals surface area contributed by atoms with E-state index in [1.165, 1.54) is 0 Å². The van der Waals surface area contributed by atoms with Crippen molar-refractivity contribution in [3.63, 3.8) is 0 Å². The molecule has 1 fully saturated rings. The number of carbonyl (C=O) groups is 4. The van der Waals surface area contributed by atoms with Gasteiger partial charge in [-0.15, -0.1) is 0 Å². The number of unbranched alkanes of at least 4 members (excludes halogenated alkanes) is 1. The average molecular weight is 516 g/mol. The van der Waals surface area contributed by atoms with E-state index in [9.17, 15) is 19.2 Å². The molecule has 0 spiro atoms. The van der Waals surface area contributed by atoms with Gasteiger partial charge in [-0.1, -0.05) is 80.8 Å². The smallest absolute Gasteiger partial charge is 0.311 e. The van der Waals surface area contributed by atoms with E-state index in [1.54, 1.807) is 36.5 Å². The highest BCUT2D eigenvalue weighted by atomic mass is 16.5. The summed E-state index contributed by atoms with van der Waals surface area (Å²) in [6.07, 6.45) is 5.67. The third kappa shape index (κ3) is 6.82. The first-order valence-corrected chi connectivity index (χ1v) is 13.2. The summed E-state index contributed by atoms with van der Waals surface area (Å²) in [6.45, 7) is 1.68. The summed E-state index contributed by atoms with van der Waals surface area (Å²) < 4.78 is 5.32. The van der Waals surface area contributed by atoms with Crippen LogP contribution in [0.4, 0.5) is 0 Å². The monoisotopic (exact) mass is 515 g/mol. The number of Topliss-reactive ketones (excluding diaryl/α,β-unsaturated/α-hetero) is 1. The van der Waals surface area contributed by atoms with Gasteiger partial charge in [0.25, 0.3) is 5.91 Å². The molecule has 1 heterocycles. The molecule has 38 heavy (non-hydrogen) atoms. The lowest BCUT2D eigenvalue weighted by molar-refractivity contribution is -0.148. The fourth-order valence-electron chi connectivity index (χ4n) is 4.77. The number of pyridine rings is 1. The number of fused-ring (bicyclic) bond motifs is 1. The molecule has 0 saturated heterocycles. The second-order valence-corrected chi connectivity index (χ2v) is 9.63. The molecule has 198 valence electrons. The summed E-state index contributed by atoms with van der Waals surface area (Å²) in [6, 6.07) is 16.8. The molecule has 0 radical (unpaired) electrons. The molecular formula is C30H33N3O5. The van der Waals surface area contributed by atoms with Crippen LogP contribution >= 0.6 is 0 Å². The molecule has 2 aromatic carbocycles. The first-order valence-electron chi connectivity index (χ1n) is 13.2. The standard InChI is InChI=1S/C30H33N3O5/c1-2-3-15-25(33-29(36)26-17-21-12-7-8-13-22(21)18-31-26)28(35)32-24-16-9-14-23(24)30(37)38-19-27(34)20-10-5-4-6-11-20/h4-8,10-13,17-18,23-25H,2-3,9,14-16,19H2,1H3,(H,32,35)(H,33,36)/t23-,24+,25+/m1/s1. The molecule has 0 aliphatic heterocycles. The number of amides is 2. The third-order valence-electron chi connectivity index (χ3n) is 6.92. The number of benzene rings is 2. The van der Waals surface area contributed by atoms with Gasteiger partial charge in [-0.05, 0) is 30.7 Å². The van der Waals surface area contributed by atoms with Crippen LogP contribution in [0.25, 0.3) is 10.8 Å². The first kappa shape index (κ1) is 27.0. The van der Waals surface area contributed by atoms with Crippen molar-refractivity contribution in [2.75, 3.05) is 6.61 Å². The summed E-state index contributed by atoms with van der Waals surface area (Å²) >= 11 is 0. The number of ether oxygens (including phenoxy) is 1. The first-order chi connectivity index (χ1) is 18.5.